The third kappa shape index (κ3) is 25.7. The van der Waals surface area contributed by atoms with E-state index in [2.05, 4.69) is 102 Å². The van der Waals surface area contributed by atoms with E-state index in [1.165, 1.54) is 41.7 Å². The van der Waals surface area contributed by atoms with E-state index in [0.717, 1.165) is 138 Å². The van der Waals surface area contributed by atoms with E-state index in [0.29, 0.717) is 85.4 Å². The number of nitrogens with zero attached hydrogens (tertiary/aromatic N) is 12. The average Bonchev–Trinajstić information content (AvgIpc) is 0.845. The zero-order valence-corrected chi connectivity index (χ0v) is 64.2. The molecule has 0 radical (unpaired) electrons. The van der Waals surface area contributed by atoms with Gasteiger partial charge in [0.25, 0.3) is 0 Å². The van der Waals surface area contributed by atoms with Crippen LogP contribution in [0, 0.1) is 102 Å². The molecule has 0 amide bonds. The van der Waals surface area contributed by atoms with Crippen molar-refractivity contribution in [2.75, 3.05) is 68.7 Å². The first-order chi connectivity index (χ1) is 53.7. The second kappa shape index (κ2) is 42.2. The highest BCUT2D eigenvalue weighted by Gasteiger charge is 2.28. The summed E-state index contributed by atoms with van der Waals surface area (Å²) >= 11 is 11.9. The smallest absolute Gasteiger partial charge is 0.329 e. The van der Waals surface area contributed by atoms with Crippen molar-refractivity contribution in [3.8, 4) is 0 Å². The summed E-state index contributed by atoms with van der Waals surface area (Å²) in [6, 6.07) is 21.4. The van der Waals surface area contributed by atoms with E-state index in [-0.39, 0.29) is 106 Å². The maximum absolute atomic E-state index is 14.0. The zero-order chi connectivity index (χ0) is 80.4. The minimum atomic E-state index is -0.953. The molecule has 4 aromatic heterocycles. The third-order valence-corrected chi connectivity index (χ3v) is 21.3. The van der Waals surface area contributed by atoms with Crippen LogP contribution in [0.1, 0.15) is 142 Å². The van der Waals surface area contributed by atoms with Crippen LogP contribution in [0.5, 0.6) is 0 Å². The number of halogens is 5. The summed E-state index contributed by atoms with van der Waals surface area (Å²) in [6.45, 7) is 9.58. The van der Waals surface area contributed by atoms with Crippen molar-refractivity contribution in [2.45, 2.75) is 174 Å². The van der Waals surface area contributed by atoms with Gasteiger partial charge in [-0.05, 0) is 193 Å². The number of rotatable bonds is 28. The molecule has 37 heteroatoms. The predicted molar refractivity (Wildman–Crippen MR) is 428 cm³/mol. The molecule has 12 rings (SSSR count). The number of hydrogen-bond acceptors (Lipinski definition) is 28. The lowest BCUT2D eigenvalue weighted by molar-refractivity contribution is -0.384. The highest BCUT2D eigenvalue weighted by molar-refractivity contribution is 6.31. The summed E-state index contributed by atoms with van der Waals surface area (Å²) in [5.74, 6) is 0.939. The van der Waals surface area contributed by atoms with Gasteiger partial charge in [0, 0.05) is 92.7 Å². The number of benzene rings is 4. The van der Waals surface area contributed by atoms with Gasteiger partial charge < -0.3 is 65.5 Å². The minimum absolute atomic E-state index is 0.0264. The van der Waals surface area contributed by atoms with Crippen LogP contribution in [-0.4, -0.2) is 110 Å². The summed E-state index contributed by atoms with van der Waals surface area (Å²) in [6.07, 6.45) is 20.5. The van der Waals surface area contributed by atoms with E-state index < -0.39 is 37.1 Å². The molecule has 0 spiro atoms. The van der Waals surface area contributed by atoms with Gasteiger partial charge in [-0.15, -0.1) is 0 Å². The maximum Gasteiger partial charge on any atom is 0.329 e. The molecule has 4 aliphatic carbocycles. The summed E-state index contributed by atoms with van der Waals surface area (Å²) in [4.78, 5) is 76.3. The third-order valence-electron chi connectivity index (χ3n) is 20.6. The molecule has 8 aromatic rings. The molecule has 0 aliphatic heterocycles. The van der Waals surface area contributed by atoms with Crippen LogP contribution < -0.4 is 65.5 Å². The van der Waals surface area contributed by atoms with Gasteiger partial charge in [0.2, 0.25) is 47.1 Å². The largest absolute Gasteiger partial charge is 0.364 e. The molecule has 4 aliphatic rings. The predicted octanol–water partition coefficient (Wildman–Crippen LogP) is 14.4. The van der Waals surface area contributed by atoms with Gasteiger partial charge in [-0.3, -0.25) is 40.5 Å². The quantitative estimate of drug-likeness (QED) is 0.0160. The molecule has 4 heterocycles. The second-order valence-corrected chi connectivity index (χ2v) is 29.4. The highest BCUT2D eigenvalue weighted by atomic mass is 35.5. The van der Waals surface area contributed by atoms with Crippen LogP contribution in [-0.2, 0) is 26.2 Å². The Hall–Kier alpha value is -10.6. The normalized spacial score (nSPS) is 19.2. The number of nitrogens with two attached hydrogens (primary N) is 4. The fraction of sp³-hybridized carbons (Fsp3) is 0.467. The molecule has 600 valence electrons. The minimum Gasteiger partial charge on any atom is -0.364 e. The van der Waals surface area contributed by atoms with E-state index in [1.807, 2.05) is 37.3 Å². The number of nitro groups is 4. The SMILES string of the molecule is Cc1c(Cl)cccc1CNc1ncc([N+](=O)[O-])c(NCC2CCC(N)CC2)n1.Cc1cccc(CNc2ncc([N+](=O)[O-])c(NCC3CCC(N)CC3)n2)c1C.NC1CCC(CNc2nc(NCc3cccc(Cl)c3F)ncc2[N+](=O)[O-])CC1.NC1CCC(CNc2nc(NCc3cccc(F)c3F)ncc2[N+](=O)[O-])CC1. The summed E-state index contributed by atoms with van der Waals surface area (Å²) < 4.78 is 41.0. The van der Waals surface area contributed by atoms with Gasteiger partial charge in [-0.25, -0.2) is 33.1 Å². The summed E-state index contributed by atoms with van der Waals surface area (Å²) in [7, 11) is 0. The highest BCUT2D eigenvalue weighted by Crippen LogP contribution is 2.33. The first-order valence-corrected chi connectivity index (χ1v) is 38.1. The number of nitrogens with one attached hydrogen (secondary N) is 8. The Morgan fingerprint density at radius 1 is 0.366 bits per heavy atom. The fourth-order valence-corrected chi connectivity index (χ4v) is 13.7. The van der Waals surface area contributed by atoms with Crippen molar-refractivity contribution in [3.63, 3.8) is 0 Å². The number of aromatic nitrogens is 8. The summed E-state index contributed by atoms with van der Waals surface area (Å²) in [5.41, 5.74) is 29.1. The lowest BCUT2D eigenvalue weighted by Gasteiger charge is -2.26. The average molecular weight is 1590 g/mol. The molecule has 4 saturated carbocycles. The van der Waals surface area contributed by atoms with E-state index in [9.17, 15) is 53.6 Å². The molecule has 0 saturated heterocycles. The van der Waals surface area contributed by atoms with Crippen molar-refractivity contribution in [3.05, 3.63) is 204 Å². The van der Waals surface area contributed by atoms with Crippen LogP contribution in [0.15, 0.2) is 97.6 Å². The topological polar surface area (TPSA) is 476 Å². The Kier molecular flexibility index (Phi) is 32.2. The van der Waals surface area contributed by atoms with Crippen molar-refractivity contribution in [2.24, 2.45) is 46.6 Å². The lowest BCUT2D eigenvalue weighted by atomic mass is 9.86. The van der Waals surface area contributed by atoms with Crippen molar-refractivity contribution in [1.82, 2.24) is 39.9 Å². The number of aryl methyl sites for hydroxylation is 1. The monoisotopic (exact) mass is 1590 g/mol. The van der Waals surface area contributed by atoms with E-state index in [1.54, 1.807) is 12.1 Å². The Morgan fingerprint density at radius 3 is 0.955 bits per heavy atom. The number of anilines is 8. The number of hydrogen-bond donors (Lipinski definition) is 12. The van der Waals surface area contributed by atoms with Gasteiger partial charge >= 0.3 is 22.7 Å². The Bertz CT molecular complexity index is 3920. The fourth-order valence-electron chi connectivity index (χ4n) is 13.3. The van der Waals surface area contributed by atoms with Crippen LogP contribution >= 0.6 is 23.2 Å². The Balaban J connectivity index is 0.000000171. The molecule has 16 N–H and O–H groups in total. The first kappa shape index (κ1) is 85.4. The zero-order valence-electron chi connectivity index (χ0n) is 62.7. The molecular weight excluding hydrogens is 1490 g/mol. The molecule has 32 nitrogen and oxygen atoms in total. The van der Waals surface area contributed by atoms with Crippen molar-refractivity contribution < 1.29 is 32.9 Å². The molecule has 0 unspecified atom stereocenters. The van der Waals surface area contributed by atoms with E-state index in [4.69, 9.17) is 46.1 Å². The first-order valence-electron chi connectivity index (χ1n) is 37.4. The van der Waals surface area contributed by atoms with Gasteiger partial charge in [0.15, 0.2) is 11.6 Å². The summed E-state index contributed by atoms with van der Waals surface area (Å²) in [5, 5.41) is 70.3. The van der Waals surface area contributed by atoms with Crippen LogP contribution in [0.4, 0.5) is 83.0 Å². The lowest BCUT2D eigenvalue weighted by Crippen LogP contribution is -2.29. The molecule has 4 fully saturated rings. The molecule has 0 bridgehead atoms. The molecular formula is C75H97Cl2F3N24O8. The van der Waals surface area contributed by atoms with E-state index >= 15 is 0 Å². The van der Waals surface area contributed by atoms with Gasteiger partial charge in [0.05, 0.1) is 24.7 Å². The second-order valence-electron chi connectivity index (χ2n) is 28.6. The van der Waals surface area contributed by atoms with Crippen molar-refractivity contribution >= 4 is 93.0 Å². The van der Waals surface area contributed by atoms with Gasteiger partial charge in [-0.2, -0.15) is 19.9 Å². The van der Waals surface area contributed by atoms with Gasteiger partial charge in [0.1, 0.15) is 30.6 Å². The Morgan fingerprint density at radius 2 is 0.634 bits per heavy atom. The molecule has 112 heavy (non-hydrogen) atoms. The molecule has 0 atom stereocenters. The maximum atomic E-state index is 14.0. The van der Waals surface area contributed by atoms with Crippen LogP contribution in [0.2, 0.25) is 10.0 Å². The van der Waals surface area contributed by atoms with Crippen LogP contribution in [0.3, 0.4) is 0 Å². The van der Waals surface area contributed by atoms with Gasteiger partial charge in [-0.1, -0.05) is 77.8 Å². The van der Waals surface area contributed by atoms with Crippen molar-refractivity contribution in [1.29, 1.82) is 0 Å². The Labute approximate surface area is 656 Å². The standard InChI is InChI=1S/C20H28N6O2.C19H25ClN6O2.C18H22ClFN6O2.C18H22F2N6O2/c1-13-4-3-5-16(14(13)2)11-23-20-24-12-18(26(27)28)19(25-20)22-10-15-6-8-17(21)9-7-15;1-12-14(3-2-4-16(12)20)10-23-19-24-11-17(26(27)28)18(25-19)22-9-13-5-7-15(21)8-6-13;2*19-14-3-1-2-12(16(14)20)9-23-18-24-10-15(26(27)28)17(25-18)22-8-11-4-6-13(21)7-5-11/h3-5,12,15,17H,6-11,21H2,1-2H3,(H2,22,23,24,25);2-4,11,13,15H,5-10,21H2,1H3,(H2,22,23,24,25);2*1-3,10-11,13H,4-9,21H2,(H2,22,23,24,25). The molecule has 4 aromatic carbocycles. The van der Waals surface area contributed by atoms with Crippen LogP contribution in [0.25, 0.3) is 0 Å².